The van der Waals surface area contributed by atoms with E-state index < -0.39 is 47.1 Å². The lowest BCUT2D eigenvalue weighted by molar-refractivity contribution is -0.137. The quantitative estimate of drug-likeness (QED) is 0.290. The van der Waals surface area contributed by atoms with Crippen LogP contribution in [-0.4, -0.2) is 84.6 Å². The highest BCUT2D eigenvalue weighted by atomic mass is 19.4. The Bertz CT molecular complexity index is 1500. The molecule has 1 unspecified atom stereocenters. The third-order valence-corrected chi connectivity index (χ3v) is 8.70. The second-order valence-electron chi connectivity index (χ2n) is 12.5. The molecule has 9 nitrogen and oxygen atoms in total. The van der Waals surface area contributed by atoms with Crippen molar-refractivity contribution in [2.45, 2.75) is 57.4 Å². The highest BCUT2D eigenvalue weighted by molar-refractivity contribution is 5.91. The Hall–Kier alpha value is -3.99. The smallest absolute Gasteiger partial charge is 0.418 e. The van der Waals surface area contributed by atoms with Crippen molar-refractivity contribution in [2.24, 2.45) is 5.41 Å². The number of fused-ring (bicyclic) bond motifs is 1. The van der Waals surface area contributed by atoms with Crippen molar-refractivity contribution in [1.29, 1.82) is 5.26 Å². The summed E-state index contributed by atoms with van der Waals surface area (Å²) >= 11 is 0. The number of hydrogen-bond acceptors (Lipinski definition) is 8. The van der Waals surface area contributed by atoms with Crippen LogP contribution in [0.5, 0.6) is 6.01 Å². The van der Waals surface area contributed by atoms with Gasteiger partial charge in [-0.2, -0.15) is 28.4 Å². The van der Waals surface area contributed by atoms with Crippen LogP contribution >= 0.6 is 0 Å². The molecule has 3 aliphatic rings. The second-order valence-corrected chi connectivity index (χ2v) is 12.5. The van der Waals surface area contributed by atoms with Crippen LogP contribution in [-0.2, 0) is 23.9 Å². The molecule has 1 saturated carbocycles. The molecule has 2 aliphatic heterocycles. The Kier molecular flexibility index (Phi) is 8.95. The van der Waals surface area contributed by atoms with E-state index in [-0.39, 0.29) is 50.4 Å². The maximum absolute atomic E-state index is 15.1. The topological polar surface area (TPSA) is 88.8 Å². The van der Waals surface area contributed by atoms with E-state index in [1.165, 1.54) is 9.80 Å². The number of alkyl halides is 3. The Balaban J connectivity index is 1.53. The van der Waals surface area contributed by atoms with Gasteiger partial charge in [0, 0.05) is 43.2 Å². The SMILES string of the molecule is C=C(F)C(=O)N1CCN(c2nc(OCC3(CN(C)C)CC3)nc3c2C[C@H](C)N(c2c(F)cccc2C(F)(F)F)C3)CC1CC#N. The van der Waals surface area contributed by atoms with Crippen molar-refractivity contribution < 1.29 is 31.5 Å². The van der Waals surface area contributed by atoms with Gasteiger partial charge in [-0.3, -0.25) is 4.79 Å². The molecular weight excluding hydrogens is 597 g/mol. The standard InChI is InChI=1S/C31H36F5N7O2/c1-19-14-22-25(16-43(19)26-23(31(34,35)36)6-5-7-24(26)33)38-29(45-18-30(9-10-30)17-40(3)4)39-27(22)41-12-13-42(28(44)20(2)32)21(15-41)8-11-37/h5-7,19,21H,2,8-10,12-18H2,1,3-4H3/t19-,21?/m0/s1. The summed E-state index contributed by atoms with van der Waals surface area (Å²) < 4.78 is 77.0. The number of rotatable bonds is 9. The third kappa shape index (κ3) is 6.83. The fraction of sp³-hybridized carbons (Fsp3) is 0.548. The lowest BCUT2D eigenvalue weighted by Gasteiger charge is -2.43. The lowest BCUT2D eigenvalue weighted by atomic mass is 9.96. The van der Waals surface area contributed by atoms with Crippen LogP contribution in [0.4, 0.5) is 33.5 Å². The molecule has 242 valence electrons. The number of hydrogen-bond donors (Lipinski definition) is 0. The molecule has 0 bridgehead atoms. The minimum absolute atomic E-state index is 0.0420. The first-order valence-electron chi connectivity index (χ1n) is 14.8. The average Bonchev–Trinajstić information content (AvgIpc) is 3.73. The van der Waals surface area contributed by atoms with Gasteiger partial charge in [0.25, 0.3) is 5.91 Å². The second kappa shape index (κ2) is 12.4. The first kappa shape index (κ1) is 32.4. The predicted octanol–water partition coefficient (Wildman–Crippen LogP) is 4.72. The number of benzene rings is 1. The van der Waals surface area contributed by atoms with Crippen molar-refractivity contribution in [2.75, 3.05) is 56.7 Å². The Labute approximate surface area is 258 Å². The number of carbonyl (C=O) groups is 1. The van der Waals surface area contributed by atoms with E-state index in [0.717, 1.165) is 37.6 Å². The van der Waals surface area contributed by atoms with Crippen LogP contribution in [0.2, 0.25) is 0 Å². The number of piperazine rings is 1. The van der Waals surface area contributed by atoms with Crippen LogP contribution < -0.4 is 14.5 Å². The average molecular weight is 634 g/mol. The monoisotopic (exact) mass is 633 g/mol. The van der Waals surface area contributed by atoms with Crippen LogP contribution in [0, 0.1) is 22.6 Å². The van der Waals surface area contributed by atoms with Gasteiger partial charge in [0.1, 0.15) is 11.6 Å². The van der Waals surface area contributed by atoms with Crippen LogP contribution in [0.25, 0.3) is 0 Å². The normalized spacial score (nSPS) is 20.9. The van der Waals surface area contributed by atoms with E-state index in [9.17, 15) is 27.6 Å². The third-order valence-electron chi connectivity index (χ3n) is 8.70. The minimum Gasteiger partial charge on any atom is -0.463 e. The summed E-state index contributed by atoms with van der Waals surface area (Å²) in [5.74, 6) is -2.51. The zero-order valence-electron chi connectivity index (χ0n) is 25.5. The molecule has 2 fully saturated rings. The summed E-state index contributed by atoms with van der Waals surface area (Å²) in [5.41, 5.74) is -0.610. The minimum atomic E-state index is -4.77. The maximum atomic E-state index is 15.1. The summed E-state index contributed by atoms with van der Waals surface area (Å²) in [6, 6.07) is 3.79. The number of carbonyl (C=O) groups excluding carboxylic acids is 1. The van der Waals surface area contributed by atoms with Crippen molar-refractivity contribution in [3.8, 4) is 12.1 Å². The van der Waals surface area contributed by atoms with Crippen LogP contribution in [0.15, 0.2) is 30.6 Å². The predicted molar refractivity (Wildman–Crippen MR) is 157 cm³/mol. The maximum Gasteiger partial charge on any atom is 0.418 e. The number of anilines is 2. The van der Waals surface area contributed by atoms with Gasteiger partial charge < -0.3 is 24.3 Å². The van der Waals surface area contributed by atoms with Crippen LogP contribution in [0.1, 0.15) is 43.0 Å². The summed E-state index contributed by atoms with van der Waals surface area (Å²) in [6.07, 6.45) is -2.70. The van der Waals surface area contributed by atoms with Gasteiger partial charge in [-0.05, 0) is 52.4 Å². The molecule has 1 aliphatic carbocycles. The molecule has 14 heteroatoms. The van der Waals surface area contributed by atoms with Gasteiger partial charge in [0.15, 0.2) is 5.83 Å². The van der Waals surface area contributed by atoms with Gasteiger partial charge in [0.05, 0.1) is 48.6 Å². The van der Waals surface area contributed by atoms with Gasteiger partial charge >= 0.3 is 12.2 Å². The van der Waals surface area contributed by atoms with E-state index in [0.29, 0.717) is 23.7 Å². The van der Waals surface area contributed by atoms with Gasteiger partial charge in [-0.15, -0.1) is 0 Å². The molecule has 2 atom stereocenters. The van der Waals surface area contributed by atoms with E-state index >= 15 is 4.39 Å². The fourth-order valence-electron chi connectivity index (χ4n) is 6.38. The first-order valence-corrected chi connectivity index (χ1v) is 14.8. The molecule has 3 heterocycles. The molecule has 0 spiro atoms. The van der Waals surface area contributed by atoms with E-state index in [1.807, 2.05) is 19.0 Å². The molecular formula is C31H36F5N7O2. The molecule has 0 radical (unpaired) electrons. The van der Waals surface area contributed by atoms with Gasteiger partial charge in [0.2, 0.25) is 0 Å². The van der Waals surface area contributed by atoms with E-state index in [4.69, 9.17) is 9.72 Å². The van der Waals surface area contributed by atoms with Crippen LogP contribution in [0.3, 0.4) is 0 Å². The molecule has 45 heavy (non-hydrogen) atoms. The summed E-state index contributed by atoms with van der Waals surface area (Å²) in [5, 5.41) is 9.45. The first-order chi connectivity index (χ1) is 21.2. The van der Waals surface area contributed by atoms with Gasteiger partial charge in [-0.1, -0.05) is 12.6 Å². The number of halogens is 5. The fourth-order valence-corrected chi connectivity index (χ4v) is 6.38. The highest BCUT2D eigenvalue weighted by Crippen LogP contribution is 2.46. The number of nitriles is 1. The van der Waals surface area contributed by atoms with Gasteiger partial charge in [-0.25, -0.2) is 8.78 Å². The van der Waals surface area contributed by atoms with Crippen molar-refractivity contribution in [3.63, 3.8) is 0 Å². The summed E-state index contributed by atoms with van der Waals surface area (Å²) in [7, 11) is 3.95. The van der Waals surface area contributed by atoms with Crippen molar-refractivity contribution in [3.05, 3.63) is 53.2 Å². The largest absolute Gasteiger partial charge is 0.463 e. The van der Waals surface area contributed by atoms with E-state index in [1.54, 1.807) is 6.92 Å². The lowest BCUT2D eigenvalue weighted by Crippen LogP contribution is -2.56. The zero-order chi connectivity index (χ0) is 32.7. The summed E-state index contributed by atoms with van der Waals surface area (Å²) in [4.78, 5) is 28.5. The Morgan fingerprint density at radius 1 is 1.24 bits per heavy atom. The molecule has 1 amide bonds. The number of nitrogens with zero attached hydrogens (tertiary/aromatic N) is 7. The summed E-state index contributed by atoms with van der Waals surface area (Å²) in [6.45, 7) is 6.33. The van der Waals surface area contributed by atoms with Crippen molar-refractivity contribution >= 4 is 17.4 Å². The number of para-hydroxylation sites is 1. The molecule has 0 N–H and O–H groups in total. The molecule has 2 aromatic rings. The molecule has 1 saturated heterocycles. The van der Waals surface area contributed by atoms with Crippen molar-refractivity contribution in [1.82, 2.24) is 19.8 Å². The number of amides is 1. The molecule has 1 aromatic heterocycles. The Morgan fingerprint density at radius 3 is 2.60 bits per heavy atom. The highest BCUT2D eigenvalue weighted by Gasteiger charge is 2.45. The molecule has 1 aromatic carbocycles. The number of aromatic nitrogens is 2. The Morgan fingerprint density at radius 2 is 1.98 bits per heavy atom. The zero-order valence-corrected chi connectivity index (χ0v) is 25.5. The number of ether oxygens (including phenoxy) is 1. The molecule has 5 rings (SSSR count). The van der Waals surface area contributed by atoms with E-state index in [2.05, 4.69) is 22.5 Å².